The van der Waals surface area contributed by atoms with E-state index in [-0.39, 0.29) is 5.69 Å². The minimum Gasteiger partial charge on any atom is -0.476 e. The molecule has 0 aliphatic rings. The van der Waals surface area contributed by atoms with Crippen molar-refractivity contribution in [2.75, 3.05) is 13.1 Å². The monoisotopic (exact) mass is 233 g/mol. The fraction of sp³-hybridized carbons (Fsp3) is 0.333. The van der Waals surface area contributed by atoms with Gasteiger partial charge in [0.15, 0.2) is 5.69 Å². The zero-order valence-electron chi connectivity index (χ0n) is 9.68. The number of hydrogen-bond donors (Lipinski definition) is 2. The summed E-state index contributed by atoms with van der Waals surface area (Å²) >= 11 is 0. The highest BCUT2D eigenvalue weighted by molar-refractivity contribution is 5.93. The largest absolute Gasteiger partial charge is 0.476 e. The Morgan fingerprint density at radius 3 is 3.06 bits per heavy atom. The van der Waals surface area contributed by atoms with Crippen LogP contribution in [0.5, 0.6) is 0 Å². The summed E-state index contributed by atoms with van der Waals surface area (Å²) in [6.07, 6.45) is 2.56. The van der Waals surface area contributed by atoms with Crippen molar-refractivity contribution in [2.45, 2.75) is 13.3 Å². The van der Waals surface area contributed by atoms with Crippen LogP contribution in [0.2, 0.25) is 0 Å². The number of nitrogens with zero attached hydrogens (tertiary/aromatic N) is 2. The van der Waals surface area contributed by atoms with Crippen molar-refractivity contribution in [1.29, 1.82) is 0 Å². The smallest absolute Gasteiger partial charge is 0.356 e. The van der Waals surface area contributed by atoms with Crippen molar-refractivity contribution in [3.63, 3.8) is 0 Å². The lowest BCUT2D eigenvalue weighted by Gasteiger charge is -2.01. The molecule has 2 aromatic heterocycles. The quantitative estimate of drug-likeness (QED) is 0.761. The van der Waals surface area contributed by atoms with Crippen LogP contribution in [-0.4, -0.2) is 33.6 Å². The Morgan fingerprint density at radius 2 is 2.35 bits per heavy atom. The summed E-state index contributed by atoms with van der Waals surface area (Å²) in [4.78, 5) is 15.3. The third-order valence-corrected chi connectivity index (χ3v) is 2.60. The highest BCUT2D eigenvalue weighted by Crippen LogP contribution is 2.13. The van der Waals surface area contributed by atoms with Crippen molar-refractivity contribution in [2.24, 2.45) is 0 Å². The second kappa shape index (κ2) is 4.97. The van der Waals surface area contributed by atoms with E-state index in [4.69, 9.17) is 5.11 Å². The third kappa shape index (κ3) is 2.29. The van der Waals surface area contributed by atoms with Crippen LogP contribution < -0.4 is 5.32 Å². The number of carboxylic acids is 1. The molecule has 0 saturated carbocycles. The zero-order valence-corrected chi connectivity index (χ0v) is 9.68. The van der Waals surface area contributed by atoms with E-state index in [1.807, 2.05) is 29.7 Å². The summed E-state index contributed by atoms with van der Waals surface area (Å²) < 4.78 is 1.83. The Hall–Kier alpha value is -1.88. The van der Waals surface area contributed by atoms with Crippen LogP contribution in [0.25, 0.3) is 5.52 Å². The Bertz CT molecular complexity index is 534. The first-order valence-electron chi connectivity index (χ1n) is 5.64. The van der Waals surface area contributed by atoms with Gasteiger partial charge in [0.25, 0.3) is 0 Å². The molecule has 0 fully saturated rings. The Morgan fingerprint density at radius 1 is 1.53 bits per heavy atom. The van der Waals surface area contributed by atoms with Crippen LogP contribution in [0.4, 0.5) is 0 Å². The average molecular weight is 233 g/mol. The minimum atomic E-state index is -0.983. The number of hydrogen-bond acceptors (Lipinski definition) is 3. The molecule has 17 heavy (non-hydrogen) atoms. The molecule has 5 nitrogen and oxygen atoms in total. The third-order valence-electron chi connectivity index (χ3n) is 2.60. The standard InChI is InChI=1S/C12H15N3O2/c1-2-13-7-6-10-14-11(12(16)17)9-5-3-4-8-15(9)10/h3-5,8,13H,2,6-7H2,1H3,(H,16,17). The molecule has 2 heterocycles. The van der Waals surface area contributed by atoms with E-state index in [0.717, 1.165) is 18.9 Å². The maximum absolute atomic E-state index is 11.1. The number of aromatic nitrogens is 2. The molecule has 0 amide bonds. The number of pyridine rings is 1. The number of carboxylic acid groups (broad SMARTS) is 1. The van der Waals surface area contributed by atoms with Gasteiger partial charge >= 0.3 is 5.97 Å². The molecule has 0 aliphatic carbocycles. The molecule has 0 radical (unpaired) electrons. The van der Waals surface area contributed by atoms with Crippen LogP contribution in [0.3, 0.4) is 0 Å². The fourth-order valence-electron chi connectivity index (χ4n) is 1.81. The lowest BCUT2D eigenvalue weighted by molar-refractivity contribution is 0.0693. The first kappa shape index (κ1) is 11.6. The predicted molar refractivity (Wildman–Crippen MR) is 64.4 cm³/mol. The lowest BCUT2D eigenvalue weighted by Crippen LogP contribution is -2.17. The van der Waals surface area contributed by atoms with E-state index in [1.54, 1.807) is 6.07 Å². The summed E-state index contributed by atoms with van der Waals surface area (Å²) in [5, 5.41) is 12.3. The molecule has 0 aromatic carbocycles. The van der Waals surface area contributed by atoms with E-state index in [9.17, 15) is 4.79 Å². The number of fused-ring (bicyclic) bond motifs is 1. The normalized spacial score (nSPS) is 10.9. The molecule has 0 atom stereocenters. The van der Waals surface area contributed by atoms with Crippen molar-refractivity contribution in [1.82, 2.24) is 14.7 Å². The second-order valence-electron chi connectivity index (χ2n) is 3.74. The van der Waals surface area contributed by atoms with E-state index in [1.165, 1.54) is 0 Å². The molecule has 2 rings (SSSR count). The molecular formula is C12H15N3O2. The Labute approximate surface area is 99.1 Å². The van der Waals surface area contributed by atoms with Gasteiger partial charge in [-0.25, -0.2) is 9.78 Å². The van der Waals surface area contributed by atoms with Gasteiger partial charge in [0.1, 0.15) is 5.82 Å². The van der Waals surface area contributed by atoms with Crippen LogP contribution in [0, 0.1) is 0 Å². The number of rotatable bonds is 5. The molecule has 0 saturated heterocycles. The maximum atomic E-state index is 11.1. The first-order valence-corrected chi connectivity index (χ1v) is 5.64. The number of likely N-dealkylation sites (N-methyl/N-ethyl adjacent to an activating group) is 1. The van der Waals surface area contributed by atoms with Crippen molar-refractivity contribution in [3.05, 3.63) is 35.9 Å². The van der Waals surface area contributed by atoms with Gasteiger partial charge in [0.05, 0.1) is 5.52 Å². The molecule has 0 unspecified atom stereocenters. The number of imidazole rings is 1. The van der Waals surface area contributed by atoms with Crippen LogP contribution in [0.1, 0.15) is 23.2 Å². The first-order chi connectivity index (χ1) is 8.24. The Kier molecular flexibility index (Phi) is 3.39. The van der Waals surface area contributed by atoms with E-state index in [0.29, 0.717) is 11.9 Å². The zero-order chi connectivity index (χ0) is 12.3. The highest BCUT2D eigenvalue weighted by Gasteiger charge is 2.15. The van der Waals surface area contributed by atoms with Gasteiger partial charge < -0.3 is 14.8 Å². The summed E-state index contributed by atoms with van der Waals surface area (Å²) in [5.41, 5.74) is 0.767. The second-order valence-corrected chi connectivity index (χ2v) is 3.74. The summed E-state index contributed by atoms with van der Waals surface area (Å²) in [5.74, 6) is -0.206. The molecule has 0 spiro atoms. The maximum Gasteiger partial charge on any atom is 0.356 e. The Balaban J connectivity index is 2.38. The van der Waals surface area contributed by atoms with E-state index in [2.05, 4.69) is 10.3 Å². The van der Waals surface area contributed by atoms with Gasteiger partial charge in [-0.2, -0.15) is 0 Å². The number of aromatic carboxylic acids is 1. The predicted octanol–water partition coefficient (Wildman–Crippen LogP) is 1.18. The van der Waals surface area contributed by atoms with Crippen LogP contribution >= 0.6 is 0 Å². The SMILES string of the molecule is CCNCCc1nc(C(=O)O)c2ccccn12. The van der Waals surface area contributed by atoms with E-state index < -0.39 is 5.97 Å². The molecule has 5 heteroatoms. The van der Waals surface area contributed by atoms with Gasteiger partial charge in [0, 0.05) is 19.2 Å². The van der Waals surface area contributed by atoms with Gasteiger partial charge in [-0.3, -0.25) is 0 Å². The van der Waals surface area contributed by atoms with Crippen LogP contribution in [-0.2, 0) is 6.42 Å². The van der Waals surface area contributed by atoms with E-state index >= 15 is 0 Å². The molecule has 2 aromatic rings. The molecule has 0 bridgehead atoms. The fourth-order valence-corrected chi connectivity index (χ4v) is 1.81. The van der Waals surface area contributed by atoms with Gasteiger partial charge in [-0.15, -0.1) is 0 Å². The lowest BCUT2D eigenvalue weighted by atomic mass is 10.3. The van der Waals surface area contributed by atoms with Gasteiger partial charge in [0.2, 0.25) is 0 Å². The van der Waals surface area contributed by atoms with Crippen molar-refractivity contribution < 1.29 is 9.90 Å². The van der Waals surface area contributed by atoms with Crippen molar-refractivity contribution >= 4 is 11.5 Å². The molecule has 90 valence electrons. The molecular weight excluding hydrogens is 218 g/mol. The van der Waals surface area contributed by atoms with Crippen LogP contribution in [0.15, 0.2) is 24.4 Å². The number of nitrogens with one attached hydrogen (secondary N) is 1. The average Bonchev–Trinajstić information content (AvgIpc) is 2.69. The summed E-state index contributed by atoms with van der Waals surface area (Å²) in [7, 11) is 0. The summed E-state index contributed by atoms with van der Waals surface area (Å²) in [6, 6.07) is 5.46. The molecule has 0 aliphatic heterocycles. The number of carbonyl (C=O) groups is 1. The van der Waals surface area contributed by atoms with Crippen molar-refractivity contribution in [3.8, 4) is 0 Å². The molecule has 2 N–H and O–H groups in total. The van der Waals surface area contributed by atoms with Gasteiger partial charge in [-0.1, -0.05) is 13.0 Å². The summed E-state index contributed by atoms with van der Waals surface area (Å²) in [6.45, 7) is 3.73. The highest BCUT2D eigenvalue weighted by atomic mass is 16.4. The van der Waals surface area contributed by atoms with Gasteiger partial charge in [-0.05, 0) is 18.7 Å². The topological polar surface area (TPSA) is 66.6 Å². The minimum absolute atomic E-state index is 0.122.